The third-order valence-corrected chi connectivity index (χ3v) is 7.91. The number of nitrogens with zero attached hydrogens (tertiary/aromatic N) is 3. The molecule has 7 nitrogen and oxygen atoms in total. The SMILES string of the molecule is Cc1ccc(C(C)C)c(C(=O)N2CCN(c3ccc(OCCCN4CCCCCCC4)cc3)CC2)c1.O=C(O)C(F)(F)F. The Hall–Kier alpha value is -3.27. The van der Waals surface area contributed by atoms with E-state index in [-0.39, 0.29) is 5.91 Å². The molecule has 1 N–H and O–H groups in total. The lowest BCUT2D eigenvalue weighted by molar-refractivity contribution is -0.192. The first-order valence-corrected chi connectivity index (χ1v) is 15.4. The molecule has 4 rings (SSSR count). The molecular weight excluding hydrogens is 559 g/mol. The first-order chi connectivity index (χ1) is 20.5. The number of ether oxygens (including phenoxy) is 1. The molecule has 2 aromatic rings. The molecule has 2 aromatic carbocycles. The predicted octanol–water partition coefficient (Wildman–Crippen LogP) is 6.75. The fourth-order valence-corrected chi connectivity index (χ4v) is 5.46. The largest absolute Gasteiger partial charge is 0.494 e. The lowest BCUT2D eigenvalue weighted by Gasteiger charge is -2.36. The number of carboxylic acids is 1. The van der Waals surface area contributed by atoms with E-state index in [0.717, 1.165) is 68.2 Å². The number of piperazine rings is 1. The summed E-state index contributed by atoms with van der Waals surface area (Å²) in [5.41, 5.74) is 4.35. The lowest BCUT2D eigenvalue weighted by Crippen LogP contribution is -2.49. The Balaban J connectivity index is 0.000000646. The van der Waals surface area contributed by atoms with E-state index >= 15 is 0 Å². The van der Waals surface area contributed by atoms with Crippen LogP contribution in [0.1, 0.15) is 79.8 Å². The molecule has 0 spiro atoms. The van der Waals surface area contributed by atoms with Crippen LogP contribution in [-0.4, -0.2) is 85.4 Å². The first-order valence-electron chi connectivity index (χ1n) is 15.4. The number of carboxylic acid groups (broad SMARTS) is 1. The standard InChI is InChI=1S/C31H45N3O2.C2HF3O2/c1-25(2)29-15-10-26(3)24-30(29)31(35)34-21-19-33(20-22-34)27-11-13-28(14-12-27)36-23-9-18-32-16-7-5-4-6-8-17-32;3-2(4,5)1(6)7/h10-15,24-25H,4-9,16-23H2,1-3H3;(H,6,7). The van der Waals surface area contributed by atoms with Crippen LogP contribution in [0.4, 0.5) is 18.9 Å². The van der Waals surface area contributed by atoms with E-state index in [1.165, 1.54) is 50.9 Å². The van der Waals surface area contributed by atoms with E-state index in [2.05, 4.69) is 73.0 Å². The van der Waals surface area contributed by atoms with Crippen LogP contribution in [0.2, 0.25) is 0 Å². The van der Waals surface area contributed by atoms with E-state index in [9.17, 15) is 18.0 Å². The maximum atomic E-state index is 13.3. The van der Waals surface area contributed by atoms with Crippen LogP contribution >= 0.6 is 0 Å². The van der Waals surface area contributed by atoms with Gasteiger partial charge in [0.05, 0.1) is 6.61 Å². The highest BCUT2D eigenvalue weighted by Gasteiger charge is 2.38. The van der Waals surface area contributed by atoms with Gasteiger partial charge in [0.2, 0.25) is 0 Å². The van der Waals surface area contributed by atoms with Gasteiger partial charge in [-0.1, -0.05) is 50.8 Å². The van der Waals surface area contributed by atoms with Gasteiger partial charge in [-0.05, 0) is 81.1 Å². The normalized spacial score (nSPS) is 16.6. The summed E-state index contributed by atoms with van der Waals surface area (Å²) in [6.45, 7) is 14.0. The molecule has 0 bridgehead atoms. The number of aryl methyl sites for hydroxylation is 1. The van der Waals surface area contributed by atoms with E-state index in [0.29, 0.717) is 5.92 Å². The summed E-state index contributed by atoms with van der Waals surface area (Å²) in [4.78, 5) is 29.2. The summed E-state index contributed by atoms with van der Waals surface area (Å²) >= 11 is 0. The van der Waals surface area contributed by atoms with Crippen molar-refractivity contribution in [1.82, 2.24) is 9.80 Å². The van der Waals surface area contributed by atoms with Crippen LogP contribution in [0.25, 0.3) is 0 Å². The van der Waals surface area contributed by atoms with E-state index in [1.807, 2.05) is 4.90 Å². The Morgan fingerprint density at radius 1 is 0.884 bits per heavy atom. The molecule has 2 aliphatic rings. The van der Waals surface area contributed by atoms with Gasteiger partial charge in [0.15, 0.2) is 0 Å². The minimum absolute atomic E-state index is 0.168. The quantitative estimate of drug-likeness (QED) is 0.336. The smallest absolute Gasteiger partial charge is 0.490 e. The van der Waals surface area contributed by atoms with Crippen molar-refractivity contribution in [3.8, 4) is 5.75 Å². The highest BCUT2D eigenvalue weighted by molar-refractivity contribution is 5.96. The summed E-state index contributed by atoms with van der Waals surface area (Å²) < 4.78 is 37.8. The molecule has 1 amide bonds. The fourth-order valence-electron chi connectivity index (χ4n) is 5.46. The van der Waals surface area contributed by atoms with Crippen LogP contribution in [0.15, 0.2) is 42.5 Å². The van der Waals surface area contributed by atoms with Gasteiger partial charge in [-0.2, -0.15) is 13.2 Å². The second-order valence-electron chi connectivity index (χ2n) is 11.6. The second-order valence-corrected chi connectivity index (χ2v) is 11.6. The number of amides is 1. The monoisotopic (exact) mass is 605 g/mol. The number of benzene rings is 2. The average molecular weight is 606 g/mol. The van der Waals surface area contributed by atoms with Gasteiger partial charge < -0.3 is 24.5 Å². The lowest BCUT2D eigenvalue weighted by atomic mass is 9.94. The van der Waals surface area contributed by atoms with E-state index in [4.69, 9.17) is 14.6 Å². The van der Waals surface area contributed by atoms with Gasteiger partial charge in [-0.15, -0.1) is 0 Å². The Morgan fingerprint density at radius 3 is 2.02 bits per heavy atom. The van der Waals surface area contributed by atoms with Crippen LogP contribution in [0.5, 0.6) is 5.75 Å². The molecule has 238 valence electrons. The highest BCUT2D eigenvalue weighted by atomic mass is 19.4. The molecule has 43 heavy (non-hydrogen) atoms. The van der Waals surface area contributed by atoms with Crippen molar-refractivity contribution in [2.75, 3.05) is 57.3 Å². The van der Waals surface area contributed by atoms with Crippen LogP contribution in [-0.2, 0) is 4.79 Å². The van der Waals surface area contributed by atoms with Crippen molar-refractivity contribution in [3.05, 3.63) is 59.2 Å². The number of rotatable bonds is 8. The molecule has 2 heterocycles. The van der Waals surface area contributed by atoms with Crippen LogP contribution in [0.3, 0.4) is 0 Å². The number of alkyl halides is 3. The molecule has 10 heteroatoms. The number of hydrogen-bond acceptors (Lipinski definition) is 5. The Morgan fingerprint density at radius 2 is 1.47 bits per heavy atom. The third-order valence-electron chi connectivity index (χ3n) is 7.91. The van der Waals surface area contributed by atoms with Crippen molar-refractivity contribution in [2.24, 2.45) is 0 Å². The molecule has 0 aliphatic carbocycles. The van der Waals surface area contributed by atoms with Gasteiger partial charge in [0.1, 0.15) is 5.75 Å². The minimum Gasteiger partial charge on any atom is -0.494 e. The Kier molecular flexibility index (Phi) is 13.2. The van der Waals surface area contributed by atoms with Crippen molar-refractivity contribution < 1.29 is 32.6 Å². The molecule has 2 aliphatic heterocycles. The van der Waals surface area contributed by atoms with Crippen LogP contribution in [0, 0.1) is 6.92 Å². The van der Waals surface area contributed by atoms with Crippen molar-refractivity contribution in [3.63, 3.8) is 0 Å². The second kappa shape index (κ2) is 16.5. The Bertz CT molecular complexity index is 1150. The predicted molar refractivity (Wildman–Crippen MR) is 163 cm³/mol. The summed E-state index contributed by atoms with van der Waals surface area (Å²) in [7, 11) is 0. The molecule has 2 saturated heterocycles. The molecule has 0 unspecified atom stereocenters. The zero-order chi connectivity index (χ0) is 31.4. The zero-order valence-electron chi connectivity index (χ0n) is 25.7. The highest BCUT2D eigenvalue weighted by Crippen LogP contribution is 2.25. The molecule has 0 saturated carbocycles. The van der Waals surface area contributed by atoms with Gasteiger partial charge in [-0.3, -0.25) is 4.79 Å². The topological polar surface area (TPSA) is 73.3 Å². The van der Waals surface area contributed by atoms with Crippen LogP contribution < -0.4 is 9.64 Å². The zero-order valence-corrected chi connectivity index (χ0v) is 25.7. The van der Waals surface area contributed by atoms with E-state index < -0.39 is 12.1 Å². The Labute approximate surface area is 253 Å². The number of halogens is 3. The van der Waals surface area contributed by atoms with E-state index in [1.54, 1.807) is 0 Å². The molecule has 0 aromatic heterocycles. The number of anilines is 1. The summed E-state index contributed by atoms with van der Waals surface area (Å²) in [5, 5.41) is 7.12. The number of likely N-dealkylation sites (tertiary alicyclic amines) is 1. The first kappa shape index (κ1) is 34.2. The maximum Gasteiger partial charge on any atom is 0.490 e. The van der Waals surface area contributed by atoms with Gasteiger partial charge in [0, 0.05) is 44.0 Å². The summed E-state index contributed by atoms with van der Waals surface area (Å²) in [6.07, 6.45) is 2.86. The van der Waals surface area contributed by atoms with Gasteiger partial charge in [-0.25, -0.2) is 4.79 Å². The summed E-state index contributed by atoms with van der Waals surface area (Å²) in [5.74, 6) is -1.31. The fraction of sp³-hybridized carbons (Fsp3) is 0.576. The van der Waals surface area contributed by atoms with Crippen molar-refractivity contribution >= 4 is 17.6 Å². The molecule has 2 fully saturated rings. The van der Waals surface area contributed by atoms with Crippen molar-refractivity contribution in [2.45, 2.75) is 71.4 Å². The molecule has 0 atom stereocenters. The maximum absolute atomic E-state index is 13.3. The number of aliphatic carboxylic acids is 1. The van der Waals surface area contributed by atoms with Crippen molar-refractivity contribution in [1.29, 1.82) is 0 Å². The third kappa shape index (κ3) is 11.1. The number of carbonyl (C=O) groups is 2. The number of hydrogen-bond donors (Lipinski definition) is 1. The van der Waals surface area contributed by atoms with Gasteiger partial charge >= 0.3 is 12.1 Å². The summed E-state index contributed by atoms with van der Waals surface area (Å²) in [6, 6.07) is 14.8. The average Bonchev–Trinajstić information content (AvgIpc) is 2.96. The van der Waals surface area contributed by atoms with Gasteiger partial charge in [0.25, 0.3) is 5.91 Å². The molecular formula is C33H46F3N3O4. The molecule has 0 radical (unpaired) electrons. The minimum atomic E-state index is -5.08. The number of carbonyl (C=O) groups excluding carboxylic acids is 1.